The third kappa shape index (κ3) is 4.23. The highest BCUT2D eigenvalue weighted by atomic mass is 19.4. The number of fused-ring (bicyclic) bond motifs is 1. The number of carbonyl (C=O) groups excluding carboxylic acids is 1. The molecule has 0 bridgehead atoms. The fourth-order valence-electron chi connectivity index (χ4n) is 3.55. The Balaban J connectivity index is 1.71. The smallest absolute Gasteiger partial charge is 0.324 e. The molecule has 0 atom stereocenters. The van der Waals surface area contributed by atoms with Crippen molar-refractivity contribution in [3.63, 3.8) is 0 Å². The topological polar surface area (TPSA) is 81.8 Å². The number of aryl methyl sites for hydroxylation is 3. The fourth-order valence-corrected chi connectivity index (χ4v) is 3.55. The number of nitrogens with zero attached hydrogens (tertiary/aromatic N) is 4. The molecule has 2 heterocycles. The van der Waals surface area contributed by atoms with Crippen LogP contribution in [0.3, 0.4) is 0 Å². The lowest BCUT2D eigenvalue weighted by atomic mass is 10.1. The summed E-state index contributed by atoms with van der Waals surface area (Å²) in [6.45, 7) is 5.02. The summed E-state index contributed by atoms with van der Waals surface area (Å²) in [6.07, 6.45) is -3.11. The van der Waals surface area contributed by atoms with Gasteiger partial charge in [0.25, 0.3) is 5.56 Å². The molecule has 1 N–H and O–H groups in total. The first-order chi connectivity index (χ1) is 15.6. The number of para-hydroxylation sites is 1. The average molecular weight is 455 g/mol. The van der Waals surface area contributed by atoms with E-state index >= 15 is 0 Å². The highest BCUT2D eigenvalue weighted by Gasteiger charge is 2.33. The predicted octanol–water partition coefficient (Wildman–Crippen LogP) is 4.16. The lowest BCUT2D eigenvalue weighted by Gasteiger charge is -2.14. The Bertz CT molecular complexity index is 1440. The van der Waals surface area contributed by atoms with Crippen molar-refractivity contribution in [1.82, 2.24) is 19.6 Å². The van der Waals surface area contributed by atoms with Crippen molar-refractivity contribution >= 4 is 22.5 Å². The number of hydrogen-bond donors (Lipinski definition) is 1. The van der Waals surface area contributed by atoms with Gasteiger partial charge in [0.15, 0.2) is 0 Å². The van der Waals surface area contributed by atoms with Gasteiger partial charge in [-0.05, 0) is 56.2 Å². The third-order valence-electron chi connectivity index (χ3n) is 5.40. The minimum Gasteiger partial charge on any atom is -0.324 e. The van der Waals surface area contributed by atoms with Gasteiger partial charge in [-0.25, -0.2) is 9.36 Å². The number of alkyl halides is 3. The Morgan fingerprint density at radius 1 is 1.06 bits per heavy atom. The second-order valence-electron chi connectivity index (χ2n) is 7.73. The summed E-state index contributed by atoms with van der Waals surface area (Å²) in [5.74, 6) is -0.808. The number of benzene rings is 2. The zero-order chi connectivity index (χ0) is 23.9. The van der Waals surface area contributed by atoms with E-state index in [2.05, 4.69) is 15.5 Å². The first-order valence-corrected chi connectivity index (χ1v) is 10.1. The van der Waals surface area contributed by atoms with E-state index < -0.39 is 29.8 Å². The average Bonchev–Trinajstić information content (AvgIpc) is 3.19. The van der Waals surface area contributed by atoms with Crippen LogP contribution in [0.1, 0.15) is 22.4 Å². The number of rotatable bonds is 4. The van der Waals surface area contributed by atoms with Crippen LogP contribution >= 0.6 is 0 Å². The second kappa shape index (κ2) is 8.19. The Kier molecular flexibility index (Phi) is 5.52. The van der Waals surface area contributed by atoms with E-state index in [9.17, 15) is 22.8 Å². The first kappa shape index (κ1) is 22.3. The quantitative estimate of drug-likeness (QED) is 0.501. The highest BCUT2D eigenvalue weighted by molar-refractivity contribution is 5.91. The zero-order valence-corrected chi connectivity index (χ0v) is 18.1. The molecule has 0 unspecified atom stereocenters. The highest BCUT2D eigenvalue weighted by Crippen LogP contribution is 2.34. The molecule has 4 aromatic rings. The Morgan fingerprint density at radius 2 is 1.79 bits per heavy atom. The largest absolute Gasteiger partial charge is 0.418 e. The maximum atomic E-state index is 13.2. The van der Waals surface area contributed by atoms with Crippen LogP contribution in [0.4, 0.5) is 18.9 Å². The van der Waals surface area contributed by atoms with Crippen molar-refractivity contribution < 1.29 is 18.0 Å². The summed E-state index contributed by atoms with van der Waals surface area (Å²) < 4.78 is 42.0. The molecule has 1 amide bonds. The number of carbonyl (C=O) groups is 1. The van der Waals surface area contributed by atoms with Gasteiger partial charge in [-0.15, -0.1) is 0 Å². The van der Waals surface area contributed by atoms with Gasteiger partial charge < -0.3 is 5.32 Å². The van der Waals surface area contributed by atoms with Crippen molar-refractivity contribution in [2.45, 2.75) is 33.5 Å². The minimum atomic E-state index is -4.63. The minimum absolute atomic E-state index is 0.231. The summed E-state index contributed by atoms with van der Waals surface area (Å²) in [4.78, 5) is 25.7. The second-order valence-corrected chi connectivity index (χ2v) is 7.73. The van der Waals surface area contributed by atoms with Gasteiger partial charge >= 0.3 is 6.18 Å². The molecule has 4 rings (SSSR count). The lowest BCUT2D eigenvalue weighted by molar-refractivity contribution is -0.137. The van der Waals surface area contributed by atoms with Gasteiger partial charge in [-0.2, -0.15) is 23.4 Å². The first-order valence-electron chi connectivity index (χ1n) is 10.1. The molecule has 10 heteroatoms. The van der Waals surface area contributed by atoms with Crippen LogP contribution in [0.2, 0.25) is 0 Å². The molecule has 0 saturated heterocycles. The van der Waals surface area contributed by atoms with Gasteiger partial charge in [-0.3, -0.25) is 9.59 Å². The van der Waals surface area contributed by atoms with Crippen LogP contribution < -0.4 is 10.9 Å². The number of nitrogens with one attached hydrogen (secondary N) is 1. The predicted molar refractivity (Wildman–Crippen MR) is 117 cm³/mol. The Morgan fingerprint density at radius 3 is 2.48 bits per heavy atom. The normalized spacial score (nSPS) is 11.7. The van der Waals surface area contributed by atoms with Gasteiger partial charge in [0.05, 0.1) is 28.8 Å². The maximum absolute atomic E-state index is 13.2. The molecule has 0 saturated carbocycles. The van der Waals surface area contributed by atoms with Crippen LogP contribution in [-0.4, -0.2) is 25.5 Å². The molecule has 0 aliphatic heterocycles. The molecule has 2 aromatic heterocycles. The molecule has 0 spiro atoms. The fraction of sp³-hybridized carbons (Fsp3) is 0.217. The number of halogens is 3. The number of amides is 1. The van der Waals surface area contributed by atoms with Crippen molar-refractivity contribution in [2.24, 2.45) is 0 Å². The molecule has 33 heavy (non-hydrogen) atoms. The van der Waals surface area contributed by atoms with E-state index in [0.29, 0.717) is 16.8 Å². The zero-order valence-electron chi connectivity index (χ0n) is 18.1. The standard InChI is InChI=1S/C23H20F3N5O2/c1-13-8-9-16(10-14(13)2)31-21-17(11-27-31)15(3)29-30(22(21)33)12-20(32)28-19-7-5-4-6-18(19)23(24,25)26/h4-11H,12H2,1-3H3,(H,28,32). The molecule has 0 fully saturated rings. The summed E-state index contributed by atoms with van der Waals surface area (Å²) >= 11 is 0. The van der Waals surface area contributed by atoms with Crippen LogP contribution in [0.5, 0.6) is 0 Å². The summed E-state index contributed by atoms with van der Waals surface area (Å²) in [5, 5.41) is 11.2. The monoisotopic (exact) mass is 455 g/mol. The van der Waals surface area contributed by atoms with E-state index in [1.54, 1.807) is 6.92 Å². The van der Waals surface area contributed by atoms with E-state index in [1.165, 1.54) is 23.0 Å². The lowest BCUT2D eigenvalue weighted by Crippen LogP contribution is -2.31. The van der Waals surface area contributed by atoms with E-state index in [-0.39, 0.29) is 11.2 Å². The van der Waals surface area contributed by atoms with Gasteiger partial charge in [0, 0.05) is 5.39 Å². The van der Waals surface area contributed by atoms with Gasteiger partial charge in [0.2, 0.25) is 5.91 Å². The molecule has 170 valence electrons. The molecule has 7 nitrogen and oxygen atoms in total. The molecule has 2 aromatic carbocycles. The SMILES string of the molecule is Cc1ccc(-n2ncc3c(C)nn(CC(=O)Nc4ccccc4C(F)(F)F)c(=O)c32)cc1C. The van der Waals surface area contributed by atoms with Crippen molar-refractivity contribution in [3.8, 4) is 5.69 Å². The van der Waals surface area contributed by atoms with Crippen molar-refractivity contribution in [1.29, 1.82) is 0 Å². The molecular formula is C23H20F3N5O2. The molecule has 0 radical (unpaired) electrons. The van der Waals surface area contributed by atoms with Crippen LogP contribution in [0.25, 0.3) is 16.6 Å². The van der Waals surface area contributed by atoms with E-state index in [0.717, 1.165) is 27.9 Å². The number of hydrogen-bond acceptors (Lipinski definition) is 4. The van der Waals surface area contributed by atoms with E-state index in [1.807, 2.05) is 32.0 Å². The number of aromatic nitrogens is 4. The molecule has 0 aliphatic carbocycles. The summed E-state index contributed by atoms with van der Waals surface area (Å²) in [5.41, 5.74) is 1.53. The molecular weight excluding hydrogens is 435 g/mol. The van der Waals surface area contributed by atoms with Crippen molar-refractivity contribution in [2.75, 3.05) is 5.32 Å². The van der Waals surface area contributed by atoms with Crippen LogP contribution in [-0.2, 0) is 17.5 Å². The Hall–Kier alpha value is -3.95. The van der Waals surface area contributed by atoms with Gasteiger partial charge in [-0.1, -0.05) is 18.2 Å². The maximum Gasteiger partial charge on any atom is 0.418 e. The van der Waals surface area contributed by atoms with Gasteiger partial charge in [0.1, 0.15) is 12.1 Å². The summed E-state index contributed by atoms with van der Waals surface area (Å²) in [6, 6.07) is 10.3. The number of anilines is 1. The van der Waals surface area contributed by atoms with Crippen LogP contribution in [0, 0.1) is 20.8 Å². The molecule has 0 aliphatic rings. The van der Waals surface area contributed by atoms with Crippen LogP contribution in [0.15, 0.2) is 53.5 Å². The third-order valence-corrected chi connectivity index (χ3v) is 5.40. The Labute approximate surface area is 186 Å². The van der Waals surface area contributed by atoms with Crippen molar-refractivity contribution in [3.05, 3.63) is 81.4 Å². The van der Waals surface area contributed by atoms with E-state index in [4.69, 9.17) is 0 Å². The summed E-state index contributed by atoms with van der Waals surface area (Å²) in [7, 11) is 0.